The first-order chi connectivity index (χ1) is 11.6. The molecule has 2 heterocycles. The Hall–Kier alpha value is -1.51. The predicted octanol–water partition coefficient (Wildman–Crippen LogP) is 4.00. The Morgan fingerprint density at radius 3 is 2.75 bits per heavy atom. The van der Waals surface area contributed by atoms with Crippen molar-refractivity contribution in [1.82, 2.24) is 9.88 Å². The number of carbonyl (C=O) groups is 1. The number of aromatic nitrogens is 1. The highest BCUT2D eigenvalue weighted by Gasteiger charge is 2.16. The van der Waals surface area contributed by atoms with Crippen LogP contribution in [0.2, 0.25) is 0 Å². The van der Waals surface area contributed by atoms with Gasteiger partial charge in [-0.05, 0) is 37.1 Å². The number of rotatable bonds is 4. The minimum atomic E-state index is -0.284. The van der Waals surface area contributed by atoms with E-state index in [0.29, 0.717) is 5.13 Å². The molecule has 4 nitrogen and oxygen atoms in total. The van der Waals surface area contributed by atoms with Crippen molar-refractivity contribution in [3.05, 3.63) is 35.5 Å². The molecule has 2 aromatic rings. The van der Waals surface area contributed by atoms with Crippen molar-refractivity contribution in [2.24, 2.45) is 0 Å². The molecular weight excluding hydrogens is 365 g/mol. The van der Waals surface area contributed by atoms with Gasteiger partial charge in [0.1, 0.15) is 10.1 Å². The molecule has 1 amide bonds. The smallest absolute Gasteiger partial charge is 0.236 e. The second kappa shape index (κ2) is 8.04. The molecule has 0 saturated carbocycles. The summed E-state index contributed by atoms with van der Waals surface area (Å²) in [5.74, 6) is -0.129. The number of amides is 1. The molecule has 3 rings (SSSR count). The van der Waals surface area contributed by atoms with Gasteiger partial charge in [-0.3, -0.25) is 4.79 Å². The summed E-state index contributed by atoms with van der Waals surface area (Å²) in [6.07, 6.45) is 2.33. The number of thioether (sulfide) groups is 1. The summed E-state index contributed by atoms with van der Waals surface area (Å²) < 4.78 is 13.7. The highest BCUT2D eigenvalue weighted by molar-refractivity contribution is 8.23. The number of halogens is 1. The number of hydrogen-bond donors (Lipinski definition) is 1. The molecule has 1 aromatic heterocycles. The lowest BCUT2D eigenvalue weighted by Gasteiger charge is -2.17. The maximum atomic E-state index is 13.0. The molecule has 0 radical (unpaired) electrons. The molecule has 0 aliphatic carbocycles. The molecule has 1 N–H and O–H groups in total. The third-order valence-electron chi connectivity index (χ3n) is 3.58. The standard InChI is InChI=1S/C16H16FN3OS3/c17-12-5-3-11(4-6-12)13-9-23-15(18-13)19-14(21)10-24-16(22)20-7-1-2-8-20/h3-6,9H,1-2,7-8,10H2,(H,18,19,21). The Morgan fingerprint density at radius 2 is 2.04 bits per heavy atom. The van der Waals surface area contributed by atoms with E-state index in [-0.39, 0.29) is 17.5 Å². The number of benzene rings is 1. The summed E-state index contributed by atoms with van der Waals surface area (Å²) in [5, 5.41) is 5.16. The third-order valence-corrected chi connectivity index (χ3v) is 5.86. The maximum absolute atomic E-state index is 13.0. The Morgan fingerprint density at radius 1 is 1.33 bits per heavy atom. The minimum Gasteiger partial charge on any atom is -0.358 e. The molecule has 1 aliphatic rings. The number of carbonyl (C=O) groups excluding carboxylic acids is 1. The van der Waals surface area contributed by atoms with Crippen molar-refractivity contribution in [2.45, 2.75) is 12.8 Å². The summed E-state index contributed by atoms with van der Waals surface area (Å²) in [5.41, 5.74) is 1.54. The molecule has 0 atom stereocenters. The first-order valence-corrected chi connectivity index (χ1v) is 9.82. The van der Waals surface area contributed by atoms with Crippen LogP contribution in [0.3, 0.4) is 0 Å². The fourth-order valence-corrected chi connectivity index (χ4v) is 4.15. The third kappa shape index (κ3) is 4.52. The molecule has 1 aliphatic heterocycles. The quantitative estimate of drug-likeness (QED) is 0.811. The van der Waals surface area contributed by atoms with Gasteiger partial charge in [0.15, 0.2) is 5.13 Å². The molecule has 126 valence electrons. The van der Waals surface area contributed by atoms with Crippen molar-refractivity contribution in [2.75, 3.05) is 24.2 Å². The van der Waals surface area contributed by atoms with E-state index in [4.69, 9.17) is 12.2 Å². The number of likely N-dealkylation sites (tertiary alicyclic amines) is 1. The van der Waals surface area contributed by atoms with Crippen LogP contribution in [0, 0.1) is 5.82 Å². The van der Waals surface area contributed by atoms with Crippen LogP contribution in [-0.2, 0) is 4.79 Å². The highest BCUT2D eigenvalue weighted by Crippen LogP contribution is 2.25. The summed E-state index contributed by atoms with van der Waals surface area (Å²) in [6.45, 7) is 1.97. The average molecular weight is 382 g/mol. The Labute approximate surface area is 153 Å². The van der Waals surface area contributed by atoms with E-state index in [0.717, 1.165) is 41.5 Å². The van der Waals surface area contributed by atoms with E-state index >= 15 is 0 Å². The molecule has 1 saturated heterocycles. The predicted molar refractivity (Wildman–Crippen MR) is 102 cm³/mol. The Balaban J connectivity index is 1.51. The van der Waals surface area contributed by atoms with E-state index in [1.165, 1.54) is 35.2 Å². The van der Waals surface area contributed by atoms with Crippen LogP contribution in [0.25, 0.3) is 11.3 Å². The lowest BCUT2D eigenvalue weighted by Crippen LogP contribution is -2.25. The topological polar surface area (TPSA) is 45.2 Å². The van der Waals surface area contributed by atoms with Crippen LogP contribution >= 0.6 is 35.3 Å². The van der Waals surface area contributed by atoms with Gasteiger partial charge in [0.05, 0.1) is 11.4 Å². The molecule has 1 fully saturated rings. The fraction of sp³-hybridized carbons (Fsp3) is 0.312. The van der Waals surface area contributed by atoms with Gasteiger partial charge in [0.2, 0.25) is 5.91 Å². The minimum absolute atomic E-state index is 0.124. The van der Waals surface area contributed by atoms with Gasteiger partial charge in [0, 0.05) is 24.0 Å². The van der Waals surface area contributed by atoms with Crippen molar-refractivity contribution in [1.29, 1.82) is 0 Å². The normalized spacial score (nSPS) is 14.0. The summed E-state index contributed by atoms with van der Waals surface area (Å²) in [6, 6.07) is 6.12. The lowest BCUT2D eigenvalue weighted by atomic mass is 10.2. The molecule has 0 unspecified atom stereocenters. The monoisotopic (exact) mass is 381 g/mol. The van der Waals surface area contributed by atoms with Gasteiger partial charge in [-0.15, -0.1) is 11.3 Å². The molecule has 8 heteroatoms. The maximum Gasteiger partial charge on any atom is 0.236 e. The molecule has 0 bridgehead atoms. The highest BCUT2D eigenvalue weighted by atomic mass is 32.2. The summed E-state index contributed by atoms with van der Waals surface area (Å²) in [7, 11) is 0. The zero-order valence-electron chi connectivity index (χ0n) is 12.8. The van der Waals surface area contributed by atoms with Crippen molar-refractivity contribution < 1.29 is 9.18 Å². The number of hydrogen-bond acceptors (Lipinski definition) is 5. The van der Waals surface area contributed by atoms with E-state index < -0.39 is 0 Å². The summed E-state index contributed by atoms with van der Waals surface area (Å²) in [4.78, 5) is 18.5. The average Bonchev–Trinajstić information content (AvgIpc) is 3.25. The summed E-state index contributed by atoms with van der Waals surface area (Å²) >= 11 is 8.07. The van der Waals surface area contributed by atoms with E-state index in [9.17, 15) is 9.18 Å². The molecule has 1 aromatic carbocycles. The van der Waals surface area contributed by atoms with E-state index in [1.54, 1.807) is 12.1 Å². The van der Waals surface area contributed by atoms with E-state index in [2.05, 4.69) is 15.2 Å². The number of thiazole rings is 1. The number of nitrogens with one attached hydrogen (secondary N) is 1. The van der Waals surface area contributed by atoms with Crippen LogP contribution in [0.4, 0.5) is 9.52 Å². The first kappa shape index (κ1) is 17.3. The van der Waals surface area contributed by atoms with E-state index in [1.807, 2.05) is 5.38 Å². The van der Waals surface area contributed by atoms with Crippen LogP contribution in [0.15, 0.2) is 29.6 Å². The Kier molecular flexibility index (Phi) is 5.80. The van der Waals surface area contributed by atoms with Gasteiger partial charge in [-0.25, -0.2) is 9.37 Å². The van der Waals surface area contributed by atoms with Gasteiger partial charge in [-0.1, -0.05) is 24.0 Å². The molecule has 24 heavy (non-hydrogen) atoms. The number of thiocarbonyl (C=S) groups is 1. The van der Waals surface area contributed by atoms with Crippen LogP contribution in [-0.4, -0.2) is 39.0 Å². The lowest BCUT2D eigenvalue weighted by molar-refractivity contribution is -0.113. The van der Waals surface area contributed by atoms with Crippen molar-refractivity contribution in [3.63, 3.8) is 0 Å². The fourth-order valence-electron chi connectivity index (χ4n) is 2.36. The van der Waals surface area contributed by atoms with Crippen LogP contribution in [0.5, 0.6) is 0 Å². The molecule has 0 spiro atoms. The SMILES string of the molecule is O=C(CSC(=S)N1CCCC1)Nc1nc(-c2ccc(F)cc2)cs1. The second-order valence-corrected chi connectivity index (χ2v) is 7.81. The second-order valence-electron chi connectivity index (χ2n) is 5.34. The zero-order valence-corrected chi connectivity index (χ0v) is 15.3. The van der Waals surface area contributed by atoms with Crippen molar-refractivity contribution in [3.8, 4) is 11.3 Å². The van der Waals surface area contributed by atoms with Crippen LogP contribution < -0.4 is 5.32 Å². The van der Waals surface area contributed by atoms with Crippen LogP contribution in [0.1, 0.15) is 12.8 Å². The first-order valence-electron chi connectivity index (χ1n) is 7.55. The van der Waals surface area contributed by atoms with Crippen molar-refractivity contribution >= 4 is 50.7 Å². The number of nitrogens with zero attached hydrogens (tertiary/aromatic N) is 2. The number of anilines is 1. The largest absolute Gasteiger partial charge is 0.358 e. The van der Waals surface area contributed by atoms with Gasteiger partial charge < -0.3 is 10.2 Å². The molecular formula is C16H16FN3OS3. The Bertz CT molecular complexity index is 726. The van der Waals surface area contributed by atoms with Gasteiger partial charge >= 0.3 is 0 Å². The zero-order chi connectivity index (χ0) is 16.9. The van der Waals surface area contributed by atoms with Gasteiger partial charge in [0.25, 0.3) is 0 Å². The van der Waals surface area contributed by atoms with Gasteiger partial charge in [-0.2, -0.15) is 0 Å².